The van der Waals surface area contributed by atoms with E-state index in [-0.39, 0.29) is 0 Å². The van der Waals surface area contributed by atoms with Gasteiger partial charge in [-0.25, -0.2) is 4.98 Å². The number of hydrogen-bond acceptors (Lipinski definition) is 3. The lowest BCUT2D eigenvalue weighted by Crippen LogP contribution is -2.26. The molecule has 2 N–H and O–H groups in total. The number of hydrogen-bond donors (Lipinski definition) is 1. The quantitative estimate of drug-likeness (QED) is 0.851. The van der Waals surface area contributed by atoms with Crippen molar-refractivity contribution in [1.82, 2.24) is 14.3 Å². The van der Waals surface area contributed by atoms with Crippen molar-refractivity contribution in [3.63, 3.8) is 0 Å². The van der Waals surface area contributed by atoms with Crippen LogP contribution in [0.4, 0.5) is 5.69 Å². The molecule has 17 heavy (non-hydrogen) atoms. The summed E-state index contributed by atoms with van der Waals surface area (Å²) in [6.45, 7) is 1.21. The van der Waals surface area contributed by atoms with Gasteiger partial charge in [0.15, 0.2) is 5.65 Å². The van der Waals surface area contributed by atoms with Gasteiger partial charge in [0.1, 0.15) is 0 Å². The van der Waals surface area contributed by atoms with Gasteiger partial charge >= 0.3 is 0 Å². The Hall–Kier alpha value is -1.55. The number of imidazole rings is 1. The summed E-state index contributed by atoms with van der Waals surface area (Å²) in [5, 5.41) is 0. The predicted molar refractivity (Wildman–Crippen MR) is 69.0 cm³/mol. The lowest BCUT2D eigenvalue weighted by Gasteiger charge is -2.17. The van der Waals surface area contributed by atoms with Crippen molar-refractivity contribution in [3.05, 3.63) is 30.2 Å². The molecule has 4 heteroatoms. The van der Waals surface area contributed by atoms with Gasteiger partial charge < -0.3 is 15.0 Å². The summed E-state index contributed by atoms with van der Waals surface area (Å²) in [5.74, 6) is 0. The van der Waals surface area contributed by atoms with E-state index in [1.165, 1.54) is 19.4 Å². The second kappa shape index (κ2) is 4.04. The molecule has 3 rings (SSSR count). The first-order valence-corrected chi connectivity index (χ1v) is 6.16. The maximum atomic E-state index is 5.91. The van der Waals surface area contributed by atoms with E-state index in [0.29, 0.717) is 6.04 Å². The first kappa shape index (κ1) is 10.6. The van der Waals surface area contributed by atoms with Crippen LogP contribution in [0.1, 0.15) is 18.5 Å². The van der Waals surface area contributed by atoms with Crippen LogP contribution in [0, 0.1) is 0 Å². The fraction of sp³-hybridized carbons (Fsp3) is 0.462. The number of nitrogen functional groups attached to an aromatic ring is 1. The fourth-order valence-electron chi connectivity index (χ4n) is 2.66. The molecule has 1 aliphatic rings. The first-order valence-electron chi connectivity index (χ1n) is 6.16. The molecule has 1 saturated heterocycles. The Bertz CT molecular complexity index is 531. The van der Waals surface area contributed by atoms with Gasteiger partial charge in [-0.15, -0.1) is 0 Å². The van der Waals surface area contributed by atoms with Crippen LogP contribution >= 0.6 is 0 Å². The summed E-state index contributed by atoms with van der Waals surface area (Å²) in [6.07, 6.45) is 7.70. The Morgan fingerprint density at radius 3 is 3.12 bits per heavy atom. The van der Waals surface area contributed by atoms with E-state index < -0.39 is 0 Å². The molecule has 0 bridgehead atoms. The fourth-order valence-corrected chi connectivity index (χ4v) is 2.66. The SMILES string of the molecule is CN1CCCC1Cc1cn2cccc(N)c2n1. The van der Waals surface area contributed by atoms with Crippen LogP contribution in [0.2, 0.25) is 0 Å². The third-order valence-electron chi connectivity index (χ3n) is 3.68. The van der Waals surface area contributed by atoms with Crippen LogP contribution in [-0.2, 0) is 6.42 Å². The predicted octanol–water partition coefficient (Wildman–Crippen LogP) is 1.55. The third kappa shape index (κ3) is 1.89. The first-order chi connectivity index (χ1) is 8.24. The van der Waals surface area contributed by atoms with Crippen molar-refractivity contribution >= 4 is 11.3 Å². The average Bonchev–Trinajstić information content (AvgIpc) is 2.87. The average molecular weight is 230 g/mol. The number of rotatable bonds is 2. The molecule has 0 spiro atoms. The number of aromatic nitrogens is 2. The highest BCUT2D eigenvalue weighted by atomic mass is 15.1. The Labute approximate surface area is 101 Å². The van der Waals surface area contributed by atoms with Gasteiger partial charge in [0, 0.05) is 24.9 Å². The number of anilines is 1. The molecule has 0 aliphatic carbocycles. The minimum atomic E-state index is 0.640. The topological polar surface area (TPSA) is 46.6 Å². The largest absolute Gasteiger partial charge is 0.396 e. The monoisotopic (exact) mass is 230 g/mol. The minimum Gasteiger partial charge on any atom is -0.396 e. The van der Waals surface area contributed by atoms with Crippen molar-refractivity contribution in [2.24, 2.45) is 0 Å². The van der Waals surface area contributed by atoms with Crippen molar-refractivity contribution < 1.29 is 0 Å². The van der Waals surface area contributed by atoms with Gasteiger partial charge in [-0.05, 0) is 38.6 Å². The van der Waals surface area contributed by atoms with Gasteiger partial charge in [-0.2, -0.15) is 0 Å². The number of likely N-dealkylation sites (tertiary alicyclic amines) is 1. The summed E-state index contributed by atoms with van der Waals surface area (Å²) in [5.41, 5.74) is 8.68. The zero-order valence-electron chi connectivity index (χ0n) is 10.1. The van der Waals surface area contributed by atoms with Gasteiger partial charge in [0.25, 0.3) is 0 Å². The molecule has 1 atom stereocenters. The molecular formula is C13H18N4. The van der Waals surface area contributed by atoms with Crippen LogP contribution < -0.4 is 5.73 Å². The summed E-state index contributed by atoms with van der Waals surface area (Å²) < 4.78 is 2.01. The Morgan fingerprint density at radius 2 is 2.41 bits per heavy atom. The molecule has 0 amide bonds. The van der Waals surface area contributed by atoms with E-state index in [1.807, 2.05) is 22.7 Å². The molecule has 4 nitrogen and oxygen atoms in total. The molecule has 0 aromatic carbocycles. The number of fused-ring (bicyclic) bond motifs is 1. The van der Waals surface area contributed by atoms with E-state index in [4.69, 9.17) is 5.73 Å². The summed E-state index contributed by atoms with van der Waals surface area (Å²) >= 11 is 0. The highest BCUT2D eigenvalue weighted by Crippen LogP contribution is 2.20. The smallest absolute Gasteiger partial charge is 0.160 e. The van der Waals surface area contributed by atoms with Crippen molar-refractivity contribution in [3.8, 4) is 0 Å². The van der Waals surface area contributed by atoms with Crippen molar-refractivity contribution in [2.45, 2.75) is 25.3 Å². The summed E-state index contributed by atoms with van der Waals surface area (Å²) in [4.78, 5) is 7.05. The highest BCUT2D eigenvalue weighted by Gasteiger charge is 2.22. The van der Waals surface area contributed by atoms with Crippen molar-refractivity contribution in [2.75, 3.05) is 19.3 Å². The minimum absolute atomic E-state index is 0.640. The van der Waals surface area contributed by atoms with Gasteiger partial charge in [0.2, 0.25) is 0 Å². The van der Waals surface area contributed by atoms with E-state index >= 15 is 0 Å². The van der Waals surface area contributed by atoms with E-state index in [1.54, 1.807) is 0 Å². The van der Waals surface area contributed by atoms with Crippen LogP contribution in [0.25, 0.3) is 5.65 Å². The van der Waals surface area contributed by atoms with Crippen molar-refractivity contribution in [1.29, 1.82) is 0 Å². The van der Waals surface area contributed by atoms with E-state index in [9.17, 15) is 0 Å². The molecule has 1 fully saturated rings. The standard InChI is InChI=1S/C13H18N4/c1-16-6-2-4-11(16)8-10-9-17-7-3-5-12(14)13(17)15-10/h3,5,7,9,11H,2,4,6,8,14H2,1H3. The Balaban J connectivity index is 1.88. The lowest BCUT2D eigenvalue weighted by atomic mass is 10.1. The van der Waals surface area contributed by atoms with Crippen LogP contribution in [0.15, 0.2) is 24.5 Å². The number of pyridine rings is 1. The number of likely N-dealkylation sites (N-methyl/N-ethyl adjacent to an activating group) is 1. The van der Waals surface area contributed by atoms with E-state index in [0.717, 1.165) is 23.4 Å². The Kier molecular flexibility index (Phi) is 2.52. The maximum absolute atomic E-state index is 5.91. The molecule has 0 radical (unpaired) electrons. The molecule has 2 aromatic rings. The number of nitrogens with two attached hydrogens (primary N) is 1. The van der Waals surface area contributed by atoms with E-state index in [2.05, 4.69) is 23.1 Å². The van der Waals surface area contributed by atoms with Crippen LogP contribution in [0.3, 0.4) is 0 Å². The molecule has 2 aromatic heterocycles. The molecular weight excluding hydrogens is 212 g/mol. The molecule has 90 valence electrons. The molecule has 3 heterocycles. The van der Waals surface area contributed by atoms with Crippen LogP contribution in [0.5, 0.6) is 0 Å². The lowest BCUT2D eigenvalue weighted by molar-refractivity contribution is 0.308. The second-order valence-electron chi connectivity index (χ2n) is 4.91. The number of nitrogens with zero attached hydrogens (tertiary/aromatic N) is 3. The van der Waals surface area contributed by atoms with Gasteiger partial charge in [-0.3, -0.25) is 0 Å². The normalized spacial score (nSPS) is 21.4. The van der Waals surface area contributed by atoms with Gasteiger partial charge in [0.05, 0.1) is 11.4 Å². The summed E-state index contributed by atoms with van der Waals surface area (Å²) in [6, 6.07) is 4.49. The van der Waals surface area contributed by atoms with Gasteiger partial charge in [-0.1, -0.05) is 0 Å². The third-order valence-corrected chi connectivity index (χ3v) is 3.68. The molecule has 1 aliphatic heterocycles. The molecule has 1 unspecified atom stereocenters. The molecule has 0 saturated carbocycles. The highest BCUT2D eigenvalue weighted by molar-refractivity contribution is 5.64. The summed E-state index contributed by atoms with van der Waals surface area (Å²) in [7, 11) is 2.20. The second-order valence-corrected chi connectivity index (χ2v) is 4.91. The zero-order valence-corrected chi connectivity index (χ0v) is 10.1. The van der Waals surface area contributed by atoms with Crippen LogP contribution in [-0.4, -0.2) is 33.9 Å². The zero-order chi connectivity index (χ0) is 11.8. The maximum Gasteiger partial charge on any atom is 0.160 e. The Morgan fingerprint density at radius 1 is 1.53 bits per heavy atom.